The quantitative estimate of drug-likeness (QED) is 0.306. The Labute approximate surface area is 58.1 Å². The average Bonchev–Trinajstić information content (AvgIpc) is 1.88. The summed E-state index contributed by atoms with van der Waals surface area (Å²) in [7, 11) is 0. The van der Waals surface area contributed by atoms with Crippen molar-refractivity contribution < 1.29 is 19.1 Å². The maximum Gasteiger partial charge on any atom is 0.530 e. The fourth-order valence-electron chi connectivity index (χ4n) is 0.234. The van der Waals surface area contributed by atoms with E-state index in [1.165, 1.54) is 0 Å². The Morgan fingerprint density at radius 1 is 1.60 bits per heavy atom. The summed E-state index contributed by atoms with van der Waals surface area (Å²) in [6, 6.07) is 0. The van der Waals surface area contributed by atoms with Crippen LogP contribution in [0.25, 0.3) is 0 Å². The molecule has 0 aliphatic rings. The molecule has 0 rings (SSSR count). The standard InChI is InChI=1S/C6H6O4/c1-3-5(7)10-6(8)9-4-2/h2H,3H2,1H3. The first-order chi connectivity index (χ1) is 4.70. The number of rotatable bonds is 1. The first-order valence-corrected chi connectivity index (χ1v) is 2.57. The summed E-state index contributed by atoms with van der Waals surface area (Å²) in [6.45, 7) is 1.55. The molecule has 0 N–H and O–H groups in total. The van der Waals surface area contributed by atoms with Gasteiger partial charge in [0.05, 0.1) is 0 Å². The number of carbonyl (C=O) groups excluding carboxylic acids is 2. The molecule has 0 fully saturated rings. The minimum absolute atomic E-state index is 0.111. The van der Waals surface area contributed by atoms with E-state index in [0.29, 0.717) is 0 Å². The lowest BCUT2D eigenvalue weighted by Crippen LogP contribution is -2.10. The van der Waals surface area contributed by atoms with Gasteiger partial charge in [-0.25, -0.2) is 4.79 Å². The first-order valence-electron chi connectivity index (χ1n) is 2.57. The molecule has 0 aromatic rings. The van der Waals surface area contributed by atoms with Crippen LogP contribution < -0.4 is 0 Å². The predicted molar refractivity (Wildman–Crippen MR) is 31.7 cm³/mol. The molecule has 0 heterocycles. The van der Waals surface area contributed by atoms with E-state index in [2.05, 4.69) is 15.9 Å². The second kappa shape index (κ2) is 4.39. The van der Waals surface area contributed by atoms with Gasteiger partial charge >= 0.3 is 12.1 Å². The van der Waals surface area contributed by atoms with E-state index in [1.54, 1.807) is 13.0 Å². The van der Waals surface area contributed by atoms with E-state index in [1.807, 2.05) is 0 Å². The molecular formula is C6H6O4. The van der Waals surface area contributed by atoms with Crippen LogP contribution in [0.3, 0.4) is 0 Å². The van der Waals surface area contributed by atoms with E-state index in [9.17, 15) is 9.59 Å². The SMILES string of the molecule is C#COC(=O)OC(=O)CC. The van der Waals surface area contributed by atoms with Gasteiger partial charge in [0.1, 0.15) is 6.11 Å². The van der Waals surface area contributed by atoms with Crippen LogP contribution in [0.2, 0.25) is 0 Å². The van der Waals surface area contributed by atoms with Gasteiger partial charge in [-0.2, -0.15) is 0 Å². The molecule has 0 bridgehead atoms. The van der Waals surface area contributed by atoms with Crippen molar-refractivity contribution in [1.29, 1.82) is 0 Å². The van der Waals surface area contributed by atoms with E-state index in [-0.39, 0.29) is 6.42 Å². The number of terminal acetylenes is 1. The fraction of sp³-hybridized carbons (Fsp3) is 0.333. The molecule has 0 saturated heterocycles. The van der Waals surface area contributed by atoms with Gasteiger partial charge in [0.2, 0.25) is 0 Å². The van der Waals surface area contributed by atoms with Gasteiger partial charge in [0, 0.05) is 6.42 Å². The van der Waals surface area contributed by atoms with Gasteiger partial charge in [-0.15, -0.1) is 0 Å². The number of carbonyl (C=O) groups is 2. The maximum absolute atomic E-state index is 10.3. The lowest BCUT2D eigenvalue weighted by molar-refractivity contribution is -0.138. The van der Waals surface area contributed by atoms with Crippen LogP contribution in [0.4, 0.5) is 4.79 Å². The van der Waals surface area contributed by atoms with Crippen molar-refractivity contribution in [2.24, 2.45) is 0 Å². The Morgan fingerprint density at radius 2 is 2.20 bits per heavy atom. The van der Waals surface area contributed by atoms with Gasteiger partial charge in [0.15, 0.2) is 0 Å². The third-order valence-corrected chi connectivity index (χ3v) is 0.628. The monoisotopic (exact) mass is 142 g/mol. The van der Waals surface area contributed by atoms with Crippen molar-refractivity contribution >= 4 is 12.1 Å². The van der Waals surface area contributed by atoms with Crippen LogP contribution in [0.1, 0.15) is 13.3 Å². The van der Waals surface area contributed by atoms with E-state index in [4.69, 9.17) is 0 Å². The summed E-state index contributed by atoms with van der Waals surface area (Å²) >= 11 is 0. The summed E-state index contributed by atoms with van der Waals surface area (Å²) in [5.74, 6) is -0.666. The van der Waals surface area contributed by atoms with Crippen molar-refractivity contribution in [1.82, 2.24) is 0 Å². The molecule has 4 heteroatoms. The second-order valence-electron chi connectivity index (χ2n) is 1.30. The molecule has 54 valence electrons. The summed E-state index contributed by atoms with van der Waals surface area (Å²) < 4.78 is 7.86. The fourth-order valence-corrected chi connectivity index (χ4v) is 0.234. The highest BCUT2D eigenvalue weighted by molar-refractivity contribution is 5.81. The second-order valence-corrected chi connectivity index (χ2v) is 1.30. The molecule has 0 aromatic carbocycles. The first kappa shape index (κ1) is 8.50. The third kappa shape index (κ3) is 3.50. The number of hydrogen-bond donors (Lipinski definition) is 0. The van der Waals surface area contributed by atoms with E-state index in [0.717, 1.165) is 0 Å². The molecule has 0 aliphatic carbocycles. The van der Waals surface area contributed by atoms with Crippen LogP contribution >= 0.6 is 0 Å². The Kier molecular flexibility index (Phi) is 3.73. The summed E-state index contributed by atoms with van der Waals surface area (Å²) in [5, 5.41) is 0. The molecule has 0 atom stereocenters. The van der Waals surface area contributed by atoms with Crippen molar-refractivity contribution in [3.8, 4) is 12.5 Å². The summed E-state index contributed by atoms with van der Waals surface area (Å²) in [5.41, 5.74) is 0. The largest absolute Gasteiger partial charge is 0.530 e. The van der Waals surface area contributed by atoms with Gasteiger partial charge in [-0.05, 0) is 0 Å². The molecule has 0 saturated carbocycles. The van der Waals surface area contributed by atoms with Crippen LogP contribution in [0.5, 0.6) is 0 Å². The minimum atomic E-state index is -1.16. The Bertz CT molecular complexity index is 177. The zero-order valence-corrected chi connectivity index (χ0v) is 5.42. The topological polar surface area (TPSA) is 52.6 Å². The Hall–Kier alpha value is -1.50. The van der Waals surface area contributed by atoms with E-state index >= 15 is 0 Å². The zero-order chi connectivity index (χ0) is 7.98. The average molecular weight is 142 g/mol. The van der Waals surface area contributed by atoms with Gasteiger partial charge in [0.25, 0.3) is 0 Å². The highest BCUT2D eigenvalue weighted by Crippen LogP contribution is 1.87. The lowest BCUT2D eigenvalue weighted by Gasteiger charge is -1.94. The van der Waals surface area contributed by atoms with Gasteiger partial charge in [-0.3, -0.25) is 4.79 Å². The highest BCUT2D eigenvalue weighted by Gasteiger charge is 2.07. The molecule has 10 heavy (non-hydrogen) atoms. The van der Waals surface area contributed by atoms with Gasteiger partial charge in [-0.1, -0.05) is 13.3 Å². The Balaban J connectivity index is 3.60. The molecule has 0 aliphatic heterocycles. The molecule has 4 nitrogen and oxygen atoms in total. The van der Waals surface area contributed by atoms with E-state index < -0.39 is 12.1 Å². The minimum Gasteiger partial charge on any atom is -0.360 e. The molecule has 0 spiro atoms. The van der Waals surface area contributed by atoms with Crippen LogP contribution in [0.15, 0.2) is 0 Å². The maximum atomic E-state index is 10.3. The lowest BCUT2D eigenvalue weighted by atomic mass is 10.5. The summed E-state index contributed by atoms with van der Waals surface area (Å²) in [6.07, 6.45) is 5.09. The smallest absolute Gasteiger partial charge is 0.360 e. The zero-order valence-electron chi connectivity index (χ0n) is 5.42. The van der Waals surface area contributed by atoms with Crippen molar-refractivity contribution in [3.63, 3.8) is 0 Å². The molecular weight excluding hydrogens is 136 g/mol. The third-order valence-electron chi connectivity index (χ3n) is 0.628. The van der Waals surface area contributed by atoms with Crippen molar-refractivity contribution in [2.75, 3.05) is 0 Å². The number of ether oxygens (including phenoxy) is 2. The van der Waals surface area contributed by atoms with Crippen molar-refractivity contribution in [3.05, 3.63) is 0 Å². The van der Waals surface area contributed by atoms with Crippen LogP contribution in [-0.2, 0) is 14.3 Å². The molecule has 0 unspecified atom stereocenters. The highest BCUT2D eigenvalue weighted by atomic mass is 16.7. The van der Waals surface area contributed by atoms with Crippen molar-refractivity contribution in [2.45, 2.75) is 13.3 Å². The number of esters is 1. The van der Waals surface area contributed by atoms with Crippen LogP contribution in [0, 0.1) is 12.5 Å². The molecule has 0 amide bonds. The predicted octanol–water partition coefficient (Wildman–Crippen LogP) is 0.667. The molecule has 0 aromatic heterocycles. The Morgan fingerprint density at radius 3 is 2.60 bits per heavy atom. The normalized spacial score (nSPS) is 7.60. The van der Waals surface area contributed by atoms with Crippen LogP contribution in [-0.4, -0.2) is 12.1 Å². The van der Waals surface area contributed by atoms with Gasteiger partial charge < -0.3 is 9.47 Å². The summed E-state index contributed by atoms with van der Waals surface area (Å²) in [4.78, 5) is 20.5. The number of hydrogen-bond acceptors (Lipinski definition) is 4. The molecule has 0 radical (unpaired) electrons.